The first-order valence-electron chi connectivity index (χ1n) is 6.42. The molecule has 2 rings (SSSR count). The number of benzene rings is 1. The molecule has 100 valence electrons. The Kier molecular flexibility index (Phi) is 4.47. The highest BCUT2D eigenvalue weighted by molar-refractivity contribution is 5.88. The molecule has 1 unspecified atom stereocenters. The summed E-state index contributed by atoms with van der Waals surface area (Å²) < 4.78 is 4.88. The predicted molar refractivity (Wildman–Crippen MR) is 74.8 cm³/mol. The van der Waals surface area contributed by atoms with Crippen molar-refractivity contribution in [3.63, 3.8) is 0 Å². The lowest BCUT2D eigenvalue weighted by Gasteiger charge is -2.17. The molecule has 0 spiro atoms. The molecule has 0 radical (unpaired) electrons. The summed E-state index contributed by atoms with van der Waals surface area (Å²) in [5.41, 5.74) is 1.70. The van der Waals surface area contributed by atoms with Crippen LogP contribution in [0.25, 0.3) is 10.9 Å². The molecule has 0 fully saturated rings. The molecule has 0 aliphatic rings. The average Bonchev–Trinajstić information content (AvgIpc) is 2.47. The monoisotopic (exact) mass is 258 g/mol. The van der Waals surface area contributed by atoms with Gasteiger partial charge in [0.05, 0.1) is 12.6 Å². The van der Waals surface area contributed by atoms with Crippen molar-refractivity contribution in [2.45, 2.75) is 19.4 Å². The van der Waals surface area contributed by atoms with Gasteiger partial charge in [-0.05, 0) is 19.0 Å². The highest BCUT2D eigenvalue weighted by Crippen LogP contribution is 2.23. The van der Waals surface area contributed by atoms with E-state index in [4.69, 9.17) is 4.74 Å². The zero-order chi connectivity index (χ0) is 13.7. The van der Waals surface area contributed by atoms with Gasteiger partial charge < -0.3 is 10.1 Å². The van der Waals surface area contributed by atoms with Gasteiger partial charge in [0.2, 0.25) is 0 Å². The van der Waals surface area contributed by atoms with Crippen molar-refractivity contribution >= 4 is 16.9 Å². The first-order chi connectivity index (χ1) is 9.27. The summed E-state index contributed by atoms with van der Waals surface area (Å²) in [5, 5.41) is 4.23. The van der Waals surface area contributed by atoms with Crippen molar-refractivity contribution in [1.29, 1.82) is 0 Å². The first-order valence-corrected chi connectivity index (χ1v) is 6.42. The molecule has 0 saturated heterocycles. The first kappa shape index (κ1) is 13.5. The molecule has 1 aromatic heterocycles. The van der Waals surface area contributed by atoms with Crippen LogP contribution in [0.1, 0.15) is 24.9 Å². The van der Waals surface area contributed by atoms with E-state index in [1.807, 2.05) is 30.3 Å². The fraction of sp³-hybridized carbons (Fsp3) is 0.333. The van der Waals surface area contributed by atoms with E-state index in [1.54, 1.807) is 6.20 Å². The van der Waals surface area contributed by atoms with Crippen molar-refractivity contribution in [3.8, 4) is 0 Å². The van der Waals surface area contributed by atoms with Gasteiger partial charge >= 0.3 is 5.97 Å². The molecule has 4 heteroatoms. The van der Waals surface area contributed by atoms with Crippen LogP contribution in [0.5, 0.6) is 0 Å². The Morgan fingerprint density at radius 1 is 1.37 bits per heavy atom. The average molecular weight is 258 g/mol. The molecule has 19 heavy (non-hydrogen) atoms. The summed E-state index contributed by atoms with van der Waals surface area (Å²) in [4.78, 5) is 16.3. The minimum Gasteiger partial charge on any atom is -0.468 e. The Morgan fingerprint density at radius 3 is 2.89 bits per heavy atom. The van der Waals surface area contributed by atoms with E-state index in [-0.39, 0.29) is 5.97 Å². The molecule has 1 atom stereocenters. The van der Waals surface area contributed by atoms with Crippen LogP contribution in [-0.4, -0.2) is 24.6 Å². The third-order valence-corrected chi connectivity index (χ3v) is 3.01. The molecule has 2 aromatic rings. The Balaban J connectivity index is 2.46. The number of fused-ring (bicyclic) bond motifs is 1. The minimum absolute atomic E-state index is 0.286. The van der Waals surface area contributed by atoms with Crippen molar-refractivity contribution in [3.05, 3.63) is 42.1 Å². The van der Waals surface area contributed by atoms with E-state index >= 15 is 0 Å². The van der Waals surface area contributed by atoms with Gasteiger partial charge in [0, 0.05) is 17.1 Å². The second-order valence-corrected chi connectivity index (χ2v) is 4.33. The smallest absolute Gasteiger partial charge is 0.327 e. The van der Waals surface area contributed by atoms with Gasteiger partial charge in [-0.2, -0.15) is 0 Å². The lowest BCUT2D eigenvalue weighted by atomic mass is 10.0. The maximum Gasteiger partial charge on any atom is 0.327 e. The lowest BCUT2D eigenvalue weighted by molar-refractivity contribution is -0.143. The number of para-hydroxylation sites is 1. The number of methoxy groups -OCH3 is 1. The molecule has 0 amide bonds. The molecule has 4 nitrogen and oxygen atoms in total. The van der Waals surface area contributed by atoms with Crippen molar-refractivity contribution in [2.75, 3.05) is 13.7 Å². The summed E-state index contributed by atoms with van der Waals surface area (Å²) in [5.74, 6) is -0.286. The summed E-state index contributed by atoms with van der Waals surface area (Å²) in [6, 6.07) is 9.24. The van der Waals surface area contributed by atoms with Crippen molar-refractivity contribution in [2.24, 2.45) is 0 Å². The summed E-state index contributed by atoms with van der Waals surface area (Å²) in [6.45, 7) is 2.81. The minimum atomic E-state index is -0.469. The Hall–Kier alpha value is -1.94. The maximum atomic E-state index is 11.9. The van der Waals surface area contributed by atoms with Gasteiger partial charge in [-0.1, -0.05) is 31.2 Å². The molecular formula is C15H18N2O2. The van der Waals surface area contributed by atoms with Crippen LogP contribution in [0.2, 0.25) is 0 Å². The number of ether oxygens (including phenoxy) is 1. The zero-order valence-electron chi connectivity index (χ0n) is 11.2. The highest BCUT2D eigenvalue weighted by atomic mass is 16.5. The zero-order valence-corrected chi connectivity index (χ0v) is 11.2. The van der Waals surface area contributed by atoms with Crippen LogP contribution in [0, 0.1) is 0 Å². The topological polar surface area (TPSA) is 51.2 Å². The molecule has 1 N–H and O–H groups in total. The predicted octanol–water partition coefficient (Wildman–Crippen LogP) is 2.45. The fourth-order valence-corrected chi connectivity index (χ4v) is 2.09. The molecule has 0 bridgehead atoms. The number of carbonyl (C=O) groups is 1. The van der Waals surface area contributed by atoms with Crippen LogP contribution < -0.4 is 5.32 Å². The number of pyridine rings is 1. The van der Waals surface area contributed by atoms with Gasteiger partial charge in [0.1, 0.15) is 6.04 Å². The van der Waals surface area contributed by atoms with Crippen LogP contribution in [0.3, 0.4) is 0 Å². The Morgan fingerprint density at radius 2 is 2.16 bits per heavy atom. The SMILES string of the molecule is CCCNC(C(=O)OC)c1cccc2cccnc12. The van der Waals surface area contributed by atoms with E-state index in [9.17, 15) is 4.79 Å². The normalized spacial score (nSPS) is 12.3. The summed E-state index contributed by atoms with van der Waals surface area (Å²) >= 11 is 0. The molecule has 0 aliphatic carbocycles. The molecular weight excluding hydrogens is 240 g/mol. The number of aromatic nitrogens is 1. The van der Waals surface area contributed by atoms with Gasteiger partial charge in [-0.25, -0.2) is 4.79 Å². The van der Waals surface area contributed by atoms with Crippen LogP contribution in [0.15, 0.2) is 36.5 Å². The quantitative estimate of drug-likeness (QED) is 0.837. The van der Waals surface area contributed by atoms with Crippen LogP contribution in [-0.2, 0) is 9.53 Å². The molecule has 0 aliphatic heterocycles. The largest absolute Gasteiger partial charge is 0.468 e. The van der Waals surface area contributed by atoms with Gasteiger partial charge in [-0.3, -0.25) is 4.98 Å². The number of nitrogens with one attached hydrogen (secondary N) is 1. The third-order valence-electron chi connectivity index (χ3n) is 3.01. The summed E-state index contributed by atoms with van der Waals surface area (Å²) in [6.07, 6.45) is 2.69. The van der Waals surface area contributed by atoms with E-state index in [0.29, 0.717) is 0 Å². The van der Waals surface area contributed by atoms with Gasteiger partial charge in [0.15, 0.2) is 0 Å². The number of hydrogen-bond donors (Lipinski definition) is 1. The van der Waals surface area contributed by atoms with Crippen LogP contribution >= 0.6 is 0 Å². The molecule has 1 aromatic carbocycles. The van der Waals surface area contributed by atoms with Crippen LogP contribution in [0.4, 0.5) is 0 Å². The van der Waals surface area contributed by atoms with E-state index in [1.165, 1.54) is 7.11 Å². The molecule has 1 heterocycles. The van der Waals surface area contributed by atoms with Crippen molar-refractivity contribution in [1.82, 2.24) is 10.3 Å². The number of hydrogen-bond acceptors (Lipinski definition) is 4. The van der Waals surface area contributed by atoms with Gasteiger partial charge in [0.25, 0.3) is 0 Å². The Labute approximate surface area is 112 Å². The second kappa shape index (κ2) is 6.29. The lowest BCUT2D eigenvalue weighted by Crippen LogP contribution is -2.30. The van der Waals surface area contributed by atoms with E-state index in [2.05, 4.69) is 17.2 Å². The third kappa shape index (κ3) is 2.90. The standard InChI is InChI=1S/C15H18N2O2/c1-3-9-16-14(15(18)19-2)12-8-4-6-11-7-5-10-17-13(11)12/h4-8,10,14,16H,3,9H2,1-2H3. The van der Waals surface area contributed by atoms with E-state index < -0.39 is 6.04 Å². The second-order valence-electron chi connectivity index (χ2n) is 4.33. The number of esters is 1. The highest BCUT2D eigenvalue weighted by Gasteiger charge is 2.22. The fourth-order valence-electron chi connectivity index (χ4n) is 2.09. The van der Waals surface area contributed by atoms with Crippen molar-refractivity contribution < 1.29 is 9.53 Å². The number of rotatable bonds is 5. The van der Waals surface area contributed by atoms with Gasteiger partial charge in [-0.15, -0.1) is 0 Å². The van der Waals surface area contributed by atoms with E-state index in [0.717, 1.165) is 29.4 Å². The summed E-state index contributed by atoms with van der Waals surface area (Å²) in [7, 11) is 1.40. The number of carbonyl (C=O) groups excluding carboxylic acids is 1. The maximum absolute atomic E-state index is 11.9. The number of nitrogens with zero attached hydrogens (tertiary/aromatic N) is 1. The Bertz CT molecular complexity index is 564. The molecule has 0 saturated carbocycles.